The predicted octanol–water partition coefficient (Wildman–Crippen LogP) is 0.193. The lowest BCUT2D eigenvalue weighted by atomic mass is 10.4. The van der Waals surface area contributed by atoms with Gasteiger partial charge in [-0.3, -0.25) is 4.79 Å². The van der Waals surface area contributed by atoms with Gasteiger partial charge in [0.1, 0.15) is 24.9 Å². The molecule has 0 saturated carbocycles. The quantitative estimate of drug-likeness (QED) is 0.695. The average Bonchev–Trinajstić information content (AvgIpc) is 2.38. The summed E-state index contributed by atoms with van der Waals surface area (Å²) in [6.07, 6.45) is 0.269. The van der Waals surface area contributed by atoms with Crippen LogP contribution in [0.3, 0.4) is 0 Å². The highest BCUT2D eigenvalue weighted by Crippen LogP contribution is 2.10. The second kappa shape index (κ2) is 9.32. The van der Waals surface area contributed by atoms with Crippen LogP contribution >= 0.6 is 0 Å². The zero-order valence-corrected chi connectivity index (χ0v) is 10.8. The monoisotopic (exact) mass is 257 g/mol. The number of nitrogens with zero attached hydrogens (tertiary/aromatic N) is 2. The fourth-order valence-corrected chi connectivity index (χ4v) is 0.901. The maximum absolute atomic E-state index is 10.8. The lowest BCUT2D eigenvalue weighted by molar-refractivity contribution is -0.114. The Morgan fingerprint density at radius 2 is 2.17 bits per heavy atom. The van der Waals surface area contributed by atoms with Gasteiger partial charge in [0.25, 0.3) is 0 Å². The highest BCUT2D eigenvalue weighted by atomic mass is 16.5. The summed E-state index contributed by atoms with van der Waals surface area (Å²) in [4.78, 5) is 18.3. The third-order valence-corrected chi connectivity index (χ3v) is 1.58. The van der Waals surface area contributed by atoms with Gasteiger partial charge in [-0.1, -0.05) is 13.8 Å². The number of aliphatic hydroxyl groups is 2. The number of carbonyl (C=O) groups is 1. The van der Waals surface area contributed by atoms with Crippen molar-refractivity contribution in [3.05, 3.63) is 12.4 Å². The Balaban J connectivity index is 0.00000137. The van der Waals surface area contributed by atoms with Crippen molar-refractivity contribution in [2.24, 2.45) is 0 Å². The van der Waals surface area contributed by atoms with Crippen LogP contribution in [0, 0.1) is 0 Å². The number of aliphatic hydroxyl groups excluding tert-OH is 2. The molecular weight excluding hydrogens is 238 g/mol. The van der Waals surface area contributed by atoms with Crippen molar-refractivity contribution in [1.82, 2.24) is 9.97 Å². The zero-order valence-electron chi connectivity index (χ0n) is 10.8. The van der Waals surface area contributed by atoms with E-state index in [4.69, 9.17) is 14.9 Å². The molecular formula is C11H19N3O4. The molecule has 1 aromatic rings. The largest absolute Gasteiger partial charge is 0.475 e. The SMILES string of the molecule is CC.CC(=O)Nc1cc(OCC(O)CO)ncn1. The first kappa shape index (κ1) is 16.3. The summed E-state index contributed by atoms with van der Waals surface area (Å²) in [5, 5.41) is 20.1. The molecule has 1 atom stereocenters. The number of aromatic nitrogens is 2. The third-order valence-electron chi connectivity index (χ3n) is 1.58. The first-order valence-corrected chi connectivity index (χ1v) is 5.63. The number of hydrogen-bond donors (Lipinski definition) is 3. The molecule has 0 radical (unpaired) electrons. The number of ether oxygens (including phenoxy) is 1. The number of nitrogens with one attached hydrogen (secondary N) is 1. The molecule has 0 fully saturated rings. The number of hydrogen-bond acceptors (Lipinski definition) is 6. The third kappa shape index (κ3) is 6.77. The van der Waals surface area contributed by atoms with Crippen LogP contribution in [0.4, 0.5) is 5.82 Å². The van der Waals surface area contributed by atoms with Gasteiger partial charge in [-0.15, -0.1) is 0 Å². The number of amides is 1. The van der Waals surface area contributed by atoms with Gasteiger partial charge in [-0.05, 0) is 0 Å². The molecule has 0 aliphatic heterocycles. The van der Waals surface area contributed by atoms with Gasteiger partial charge >= 0.3 is 0 Å². The molecule has 1 unspecified atom stereocenters. The predicted molar refractivity (Wildman–Crippen MR) is 66.3 cm³/mol. The van der Waals surface area contributed by atoms with Crippen molar-refractivity contribution in [3.63, 3.8) is 0 Å². The van der Waals surface area contributed by atoms with Crippen molar-refractivity contribution in [2.45, 2.75) is 26.9 Å². The summed E-state index contributed by atoms with van der Waals surface area (Å²) in [5.74, 6) is 0.280. The van der Waals surface area contributed by atoms with Crippen molar-refractivity contribution in [1.29, 1.82) is 0 Å². The number of carbonyl (C=O) groups excluding carboxylic acids is 1. The number of anilines is 1. The molecule has 3 N–H and O–H groups in total. The molecule has 1 aromatic heterocycles. The maximum atomic E-state index is 10.8. The summed E-state index contributed by atoms with van der Waals surface area (Å²) in [7, 11) is 0. The van der Waals surface area contributed by atoms with Crippen LogP contribution in [0.2, 0.25) is 0 Å². The van der Waals surface area contributed by atoms with Crippen LogP contribution < -0.4 is 10.1 Å². The van der Waals surface area contributed by atoms with E-state index in [1.165, 1.54) is 19.3 Å². The molecule has 18 heavy (non-hydrogen) atoms. The molecule has 0 aliphatic carbocycles. The minimum atomic E-state index is -0.959. The van der Waals surface area contributed by atoms with E-state index in [2.05, 4.69) is 15.3 Å². The lowest BCUT2D eigenvalue weighted by Gasteiger charge is -2.09. The van der Waals surface area contributed by atoms with Crippen molar-refractivity contribution in [3.8, 4) is 5.88 Å². The summed E-state index contributed by atoms with van der Waals surface area (Å²) in [6.45, 7) is 4.90. The molecule has 0 saturated heterocycles. The fourth-order valence-electron chi connectivity index (χ4n) is 0.901. The highest BCUT2D eigenvalue weighted by Gasteiger charge is 2.05. The van der Waals surface area contributed by atoms with Gasteiger partial charge in [0, 0.05) is 13.0 Å². The Morgan fingerprint density at radius 3 is 2.72 bits per heavy atom. The van der Waals surface area contributed by atoms with Crippen LogP contribution in [-0.2, 0) is 4.79 Å². The van der Waals surface area contributed by atoms with Crippen LogP contribution in [0.25, 0.3) is 0 Å². The smallest absolute Gasteiger partial charge is 0.222 e. The zero-order chi connectivity index (χ0) is 14.0. The molecule has 0 aliphatic rings. The molecule has 1 rings (SSSR count). The van der Waals surface area contributed by atoms with E-state index in [1.54, 1.807) is 0 Å². The van der Waals surface area contributed by atoms with Gasteiger partial charge in [-0.2, -0.15) is 0 Å². The lowest BCUT2D eigenvalue weighted by Crippen LogP contribution is -2.21. The van der Waals surface area contributed by atoms with E-state index in [9.17, 15) is 4.79 Å². The Labute approximate surface area is 106 Å². The topological polar surface area (TPSA) is 105 Å². The molecule has 0 aromatic carbocycles. The second-order valence-electron chi connectivity index (χ2n) is 3.07. The molecule has 1 heterocycles. The van der Waals surface area contributed by atoms with Crippen molar-refractivity contribution in [2.75, 3.05) is 18.5 Å². The summed E-state index contributed by atoms with van der Waals surface area (Å²) >= 11 is 0. The first-order valence-electron chi connectivity index (χ1n) is 5.63. The first-order chi connectivity index (χ1) is 8.61. The second-order valence-corrected chi connectivity index (χ2v) is 3.07. The van der Waals surface area contributed by atoms with E-state index in [1.807, 2.05) is 13.8 Å². The maximum Gasteiger partial charge on any atom is 0.222 e. The Morgan fingerprint density at radius 1 is 1.50 bits per heavy atom. The highest BCUT2D eigenvalue weighted by molar-refractivity contribution is 5.87. The van der Waals surface area contributed by atoms with Gasteiger partial charge < -0.3 is 20.3 Å². The Hall–Kier alpha value is -1.73. The van der Waals surface area contributed by atoms with Gasteiger partial charge in [0.15, 0.2) is 0 Å². The van der Waals surface area contributed by atoms with E-state index in [0.717, 1.165) is 0 Å². The minimum absolute atomic E-state index is 0.0764. The summed E-state index contributed by atoms with van der Waals surface area (Å²) in [6, 6.07) is 1.42. The van der Waals surface area contributed by atoms with Gasteiger partial charge in [-0.25, -0.2) is 9.97 Å². The molecule has 102 valence electrons. The van der Waals surface area contributed by atoms with Crippen molar-refractivity contribution >= 4 is 11.7 Å². The van der Waals surface area contributed by atoms with E-state index in [0.29, 0.717) is 5.82 Å². The normalized spacial score (nSPS) is 10.9. The van der Waals surface area contributed by atoms with E-state index < -0.39 is 6.10 Å². The van der Waals surface area contributed by atoms with Crippen LogP contribution in [0.5, 0.6) is 5.88 Å². The molecule has 0 spiro atoms. The van der Waals surface area contributed by atoms with E-state index >= 15 is 0 Å². The minimum Gasteiger partial charge on any atom is -0.475 e. The van der Waals surface area contributed by atoms with Crippen LogP contribution in [0.15, 0.2) is 12.4 Å². The fraction of sp³-hybridized carbons (Fsp3) is 0.545. The molecule has 1 amide bonds. The summed E-state index contributed by atoms with van der Waals surface area (Å²) in [5.41, 5.74) is 0. The standard InChI is InChI=1S/C9H13N3O4.C2H6/c1-6(14)12-8-2-9(11-5-10-8)16-4-7(15)3-13;1-2/h2,5,7,13,15H,3-4H2,1H3,(H,10,11,12,14);1-2H3. The van der Waals surface area contributed by atoms with E-state index in [-0.39, 0.29) is 25.0 Å². The van der Waals surface area contributed by atoms with Crippen LogP contribution in [0.1, 0.15) is 20.8 Å². The van der Waals surface area contributed by atoms with Gasteiger partial charge in [0.2, 0.25) is 11.8 Å². The number of rotatable bonds is 5. The van der Waals surface area contributed by atoms with Crippen LogP contribution in [-0.4, -0.2) is 45.4 Å². The molecule has 0 bridgehead atoms. The molecule has 7 nitrogen and oxygen atoms in total. The Bertz CT molecular complexity index is 360. The Kier molecular flexibility index (Phi) is 8.42. The molecule has 7 heteroatoms. The summed E-state index contributed by atoms with van der Waals surface area (Å²) < 4.78 is 5.07. The van der Waals surface area contributed by atoms with Crippen molar-refractivity contribution < 1.29 is 19.7 Å². The van der Waals surface area contributed by atoms with Gasteiger partial charge in [0.05, 0.1) is 6.61 Å². The average molecular weight is 257 g/mol.